The molecule has 2 nitrogen and oxygen atoms in total. The Morgan fingerprint density at radius 1 is 1.31 bits per heavy atom. The van der Waals surface area contributed by atoms with E-state index in [1.807, 2.05) is 4.90 Å². The summed E-state index contributed by atoms with van der Waals surface area (Å²) >= 11 is 0. The Morgan fingerprint density at radius 2 is 1.94 bits per heavy atom. The van der Waals surface area contributed by atoms with Crippen LogP contribution in [0.15, 0.2) is 18.2 Å². The Balaban J connectivity index is 2.29. The molecular formula is C11H13F3N2. The lowest BCUT2D eigenvalue weighted by molar-refractivity contribution is -0.136. The third-order valence-electron chi connectivity index (χ3n) is 2.77. The minimum atomic E-state index is -4.38. The molecule has 1 aromatic carbocycles. The largest absolute Gasteiger partial charge is 0.418 e. The van der Waals surface area contributed by atoms with Crippen LogP contribution in [0, 0.1) is 5.92 Å². The first-order valence-corrected chi connectivity index (χ1v) is 5.09. The standard InChI is InChI=1S/C11H13F3N2/c1-7-5-16(6-7)8-2-3-10(15)9(4-8)11(12,13)14/h2-4,7H,5-6,15H2,1H3. The van der Waals surface area contributed by atoms with E-state index < -0.39 is 11.7 Å². The second kappa shape index (κ2) is 3.57. The average Bonchev–Trinajstić information content (AvgIpc) is 2.12. The van der Waals surface area contributed by atoms with Crippen molar-refractivity contribution in [1.29, 1.82) is 0 Å². The van der Waals surface area contributed by atoms with E-state index in [0.29, 0.717) is 11.6 Å². The molecule has 0 aliphatic carbocycles. The number of nitrogen functional groups attached to an aromatic ring is 1. The molecule has 5 heteroatoms. The monoisotopic (exact) mass is 230 g/mol. The minimum absolute atomic E-state index is 0.218. The maximum atomic E-state index is 12.6. The quantitative estimate of drug-likeness (QED) is 0.751. The van der Waals surface area contributed by atoms with Crippen molar-refractivity contribution in [1.82, 2.24) is 0 Å². The summed E-state index contributed by atoms with van der Waals surface area (Å²) < 4.78 is 37.8. The van der Waals surface area contributed by atoms with Crippen molar-refractivity contribution >= 4 is 11.4 Å². The van der Waals surface area contributed by atoms with Crippen LogP contribution in [0.2, 0.25) is 0 Å². The summed E-state index contributed by atoms with van der Waals surface area (Å²) in [7, 11) is 0. The van der Waals surface area contributed by atoms with Gasteiger partial charge in [-0.05, 0) is 24.1 Å². The van der Waals surface area contributed by atoms with Crippen LogP contribution >= 0.6 is 0 Å². The number of hydrogen-bond acceptors (Lipinski definition) is 2. The van der Waals surface area contributed by atoms with E-state index in [1.54, 1.807) is 6.07 Å². The Labute approximate surface area is 91.8 Å². The predicted molar refractivity (Wildman–Crippen MR) is 57.2 cm³/mol. The molecule has 88 valence electrons. The van der Waals surface area contributed by atoms with Gasteiger partial charge in [0.2, 0.25) is 0 Å². The molecule has 1 fully saturated rings. The zero-order valence-corrected chi connectivity index (χ0v) is 8.88. The van der Waals surface area contributed by atoms with E-state index >= 15 is 0 Å². The molecule has 0 unspecified atom stereocenters. The lowest BCUT2D eigenvalue weighted by Gasteiger charge is -2.39. The van der Waals surface area contributed by atoms with Gasteiger partial charge in [-0.25, -0.2) is 0 Å². The predicted octanol–water partition coefficient (Wildman–Crippen LogP) is 2.74. The molecule has 0 amide bonds. The maximum Gasteiger partial charge on any atom is 0.418 e. The van der Waals surface area contributed by atoms with E-state index in [-0.39, 0.29) is 5.69 Å². The number of benzene rings is 1. The number of anilines is 2. The second-order valence-corrected chi connectivity index (χ2v) is 4.28. The van der Waals surface area contributed by atoms with Gasteiger partial charge in [-0.15, -0.1) is 0 Å². The van der Waals surface area contributed by atoms with Gasteiger partial charge in [0.1, 0.15) is 0 Å². The number of hydrogen-bond donors (Lipinski definition) is 1. The highest BCUT2D eigenvalue weighted by Gasteiger charge is 2.34. The number of nitrogens with zero attached hydrogens (tertiary/aromatic N) is 1. The summed E-state index contributed by atoms with van der Waals surface area (Å²) in [5, 5.41) is 0. The summed E-state index contributed by atoms with van der Waals surface area (Å²) in [6.07, 6.45) is -4.38. The molecule has 0 spiro atoms. The molecule has 0 saturated carbocycles. The van der Waals surface area contributed by atoms with Crippen LogP contribution < -0.4 is 10.6 Å². The Morgan fingerprint density at radius 3 is 2.44 bits per heavy atom. The first-order valence-electron chi connectivity index (χ1n) is 5.09. The van der Waals surface area contributed by atoms with E-state index in [1.165, 1.54) is 6.07 Å². The van der Waals surface area contributed by atoms with Gasteiger partial charge in [0.15, 0.2) is 0 Å². The van der Waals surface area contributed by atoms with Gasteiger partial charge in [-0.3, -0.25) is 0 Å². The number of alkyl halides is 3. The highest BCUT2D eigenvalue weighted by atomic mass is 19.4. The van der Waals surface area contributed by atoms with Gasteiger partial charge in [-0.1, -0.05) is 6.92 Å². The Bertz CT molecular complexity index is 395. The molecule has 1 heterocycles. The summed E-state index contributed by atoms with van der Waals surface area (Å²) in [5.41, 5.74) is 4.96. The summed E-state index contributed by atoms with van der Waals surface area (Å²) in [6, 6.07) is 4.08. The van der Waals surface area contributed by atoms with Crippen molar-refractivity contribution in [3.63, 3.8) is 0 Å². The zero-order valence-electron chi connectivity index (χ0n) is 8.88. The number of halogens is 3. The zero-order chi connectivity index (χ0) is 11.9. The maximum absolute atomic E-state index is 12.6. The van der Waals surface area contributed by atoms with Crippen molar-refractivity contribution in [2.24, 2.45) is 5.92 Å². The highest BCUT2D eigenvalue weighted by Crippen LogP contribution is 2.37. The fourth-order valence-electron chi connectivity index (χ4n) is 1.90. The molecular weight excluding hydrogens is 217 g/mol. The van der Waals surface area contributed by atoms with Crippen molar-refractivity contribution in [3.8, 4) is 0 Å². The topological polar surface area (TPSA) is 29.3 Å². The van der Waals surface area contributed by atoms with Crippen LogP contribution in [-0.2, 0) is 6.18 Å². The van der Waals surface area contributed by atoms with Crippen molar-refractivity contribution in [2.75, 3.05) is 23.7 Å². The molecule has 1 aliphatic heterocycles. The van der Waals surface area contributed by atoms with E-state index in [4.69, 9.17) is 5.73 Å². The van der Waals surface area contributed by atoms with Crippen molar-refractivity contribution in [3.05, 3.63) is 23.8 Å². The number of rotatable bonds is 1. The van der Waals surface area contributed by atoms with Gasteiger partial charge in [0.05, 0.1) is 5.56 Å². The van der Waals surface area contributed by atoms with Gasteiger partial charge in [0, 0.05) is 24.5 Å². The summed E-state index contributed by atoms with van der Waals surface area (Å²) in [4.78, 5) is 1.92. The minimum Gasteiger partial charge on any atom is -0.398 e. The molecule has 1 saturated heterocycles. The van der Waals surface area contributed by atoms with Crippen LogP contribution in [-0.4, -0.2) is 13.1 Å². The fourth-order valence-corrected chi connectivity index (χ4v) is 1.90. The van der Waals surface area contributed by atoms with Crippen molar-refractivity contribution < 1.29 is 13.2 Å². The first-order chi connectivity index (χ1) is 7.38. The third kappa shape index (κ3) is 1.94. The average molecular weight is 230 g/mol. The fraction of sp³-hybridized carbons (Fsp3) is 0.455. The molecule has 0 bridgehead atoms. The Hall–Kier alpha value is -1.39. The second-order valence-electron chi connectivity index (χ2n) is 4.28. The van der Waals surface area contributed by atoms with E-state index in [2.05, 4.69) is 6.92 Å². The smallest absolute Gasteiger partial charge is 0.398 e. The normalized spacial score (nSPS) is 17.4. The van der Waals surface area contributed by atoms with Gasteiger partial charge in [-0.2, -0.15) is 13.2 Å². The van der Waals surface area contributed by atoms with Gasteiger partial charge >= 0.3 is 6.18 Å². The Kier molecular flexibility index (Phi) is 2.48. The van der Waals surface area contributed by atoms with Crippen molar-refractivity contribution in [2.45, 2.75) is 13.1 Å². The molecule has 0 radical (unpaired) electrons. The van der Waals surface area contributed by atoms with Gasteiger partial charge in [0.25, 0.3) is 0 Å². The first kappa shape index (κ1) is 11.1. The summed E-state index contributed by atoms with van der Waals surface area (Å²) in [5.74, 6) is 0.548. The van der Waals surface area contributed by atoms with E-state index in [0.717, 1.165) is 19.2 Å². The molecule has 2 rings (SSSR count). The lowest BCUT2D eigenvalue weighted by Crippen LogP contribution is -2.45. The molecule has 1 aromatic rings. The molecule has 1 aliphatic rings. The van der Waals surface area contributed by atoms with Crippen LogP contribution in [0.1, 0.15) is 12.5 Å². The third-order valence-corrected chi connectivity index (χ3v) is 2.77. The highest BCUT2D eigenvalue weighted by molar-refractivity contribution is 5.60. The van der Waals surface area contributed by atoms with E-state index in [9.17, 15) is 13.2 Å². The van der Waals surface area contributed by atoms with Crippen LogP contribution in [0.5, 0.6) is 0 Å². The van der Waals surface area contributed by atoms with Crippen LogP contribution in [0.25, 0.3) is 0 Å². The van der Waals surface area contributed by atoms with Crippen LogP contribution in [0.3, 0.4) is 0 Å². The molecule has 16 heavy (non-hydrogen) atoms. The summed E-state index contributed by atoms with van der Waals surface area (Å²) in [6.45, 7) is 3.68. The molecule has 2 N–H and O–H groups in total. The molecule has 0 atom stereocenters. The SMILES string of the molecule is CC1CN(c2ccc(N)c(C(F)(F)F)c2)C1. The molecule has 0 aromatic heterocycles. The van der Waals surface area contributed by atoms with Gasteiger partial charge < -0.3 is 10.6 Å². The number of nitrogens with two attached hydrogens (primary N) is 1. The lowest BCUT2D eigenvalue weighted by atomic mass is 10.0. The van der Waals surface area contributed by atoms with Crippen LogP contribution in [0.4, 0.5) is 24.5 Å².